The number of thioether (sulfide) groups is 1. The predicted molar refractivity (Wildman–Crippen MR) is 100 cm³/mol. The van der Waals surface area contributed by atoms with Gasteiger partial charge in [-0.2, -0.15) is 0 Å². The highest BCUT2D eigenvalue weighted by Crippen LogP contribution is 2.28. The normalized spacial score (nSPS) is 17.7. The van der Waals surface area contributed by atoms with Crippen LogP contribution < -0.4 is 0 Å². The summed E-state index contributed by atoms with van der Waals surface area (Å²) >= 11 is 2.05. The minimum absolute atomic E-state index is 0.919. The average molecular weight is 311 g/mol. The second kappa shape index (κ2) is 15.0. The minimum Gasteiger partial charge on any atom is -0.131 e. The molecule has 1 heterocycles. The average Bonchev–Trinajstić information content (AvgIpc) is 3.01. The molecule has 1 aliphatic rings. The Bertz CT molecular complexity index is 226. The highest BCUT2D eigenvalue weighted by molar-refractivity contribution is 8.02. The molecule has 1 unspecified atom stereocenters. The number of hydrogen-bond donors (Lipinski definition) is 0. The van der Waals surface area contributed by atoms with Gasteiger partial charge in [0, 0.05) is 5.25 Å². The predicted octanol–water partition coefficient (Wildman–Crippen LogP) is 7.88. The molecule has 1 aliphatic heterocycles. The second-order valence-corrected chi connectivity index (χ2v) is 7.96. The van der Waals surface area contributed by atoms with Gasteiger partial charge < -0.3 is 0 Å². The summed E-state index contributed by atoms with van der Waals surface area (Å²) in [6.07, 6.45) is 25.6. The molecule has 0 saturated heterocycles. The topological polar surface area (TPSA) is 0 Å². The summed E-state index contributed by atoms with van der Waals surface area (Å²) in [5.41, 5.74) is 0. The lowest BCUT2D eigenvalue weighted by Gasteiger charge is -2.07. The van der Waals surface area contributed by atoms with Crippen LogP contribution in [0.5, 0.6) is 0 Å². The molecule has 1 atom stereocenters. The Morgan fingerprint density at radius 1 is 0.714 bits per heavy atom. The van der Waals surface area contributed by atoms with Gasteiger partial charge in [0.2, 0.25) is 0 Å². The molecule has 0 aliphatic carbocycles. The van der Waals surface area contributed by atoms with E-state index in [1.807, 2.05) is 11.8 Å². The van der Waals surface area contributed by atoms with Crippen LogP contribution in [0.1, 0.15) is 110 Å². The van der Waals surface area contributed by atoms with Crippen molar-refractivity contribution in [1.82, 2.24) is 0 Å². The summed E-state index contributed by atoms with van der Waals surface area (Å²) in [6.45, 7) is 2.30. The molecule has 0 amide bonds. The fourth-order valence-electron chi connectivity index (χ4n) is 3.18. The first-order chi connectivity index (χ1) is 10.4. The van der Waals surface area contributed by atoms with E-state index in [9.17, 15) is 0 Å². The van der Waals surface area contributed by atoms with Crippen LogP contribution in [0.3, 0.4) is 0 Å². The van der Waals surface area contributed by atoms with Crippen molar-refractivity contribution in [2.75, 3.05) is 0 Å². The molecule has 0 spiro atoms. The maximum Gasteiger partial charge on any atom is 0.0123 e. The van der Waals surface area contributed by atoms with Gasteiger partial charge in [0.25, 0.3) is 0 Å². The molecule has 0 fully saturated rings. The molecular formula is C20H38S. The number of allylic oxidation sites excluding steroid dienone is 1. The molecule has 0 nitrogen and oxygen atoms in total. The molecule has 0 N–H and O–H groups in total. The van der Waals surface area contributed by atoms with Crippen LogP contribution in [-0.2, 0) is 0 Å². The molecular weight excluding hydrogens is 272 g/mol. The molecule has 124 valence electrons. The van der Waals surface area contributed by atoms with Crippen LogP contribution >= 0.6 is 11.8 Å². The van der Waals surface area contributed by atoms with Crippen LogP contribution in [-0.4, -0.2) is 5.25 Å². The SMILES string of the molecule is CCCCCCCCCCCCCCCCC1CC=CS1. The zero-order valence-electron chi connectivity index (χ0n) is 14.5. The Labute approximate surface area is 138 Å². The Balaban J connectivity index is 1.65. The Morgan fingerprint density at radius 3 is 1.62 bits per heavy atom. The minimum atomic E-state index is 0.919. The first-order valence-corrected chi connectivity index (χ1v) is 10.7. The van der Waals surface area contributed by atoms with Gasteiger partial charge in [-0.1, -0.05) is 103 Å². The summed E-state index contributed by atoms with van der Waals surface area (Å²) in [5, 5.41) is 3.21. The van der Waals surface area contributed by atoms with E-state index in [1.165, 1.54) is 103 Å². The van der Waals surface area contributed by atoms with Crippen molar-refractivity contribution in [2.24, 2.45) is 0 Å². The van der Waals surface area contributed by atoms with Crippen molar-refractivity contribution in [1.29, 1.82) is 0 Å². The van der Waals surface area contributed by atoms with Crippen LogP contribution in [0.4, 0.5) is 0 Å². The van der Waals surface area contributed by atoms with Crippen molar-refractivity contribution in [3.63, 3.8) is 0 Å². The zero-order valence-corrected chi connectivity index (χ0v) is 15.3. The van der Waals surface area contributed by atoms with Gasteiger partial charge in [-0.3, -0.25) is 0 Å². The standard InChI is InChI=1S/C20H38S/c1-2-3-4-5-6-7-8-9-10-11-12-13-14-15-17-20-18-16-19-21-20/h16,19-20H,2-15,17-18H2,1H3. The van der Waals surface area contributed by atoms with E-state index in [0.29, 0.717) is 0 Å². The van der Waals surface area contributed by atoms with Gasteiger partial charge >= 0.3 is 0 Å². The lowest BCUT2D eigenvalue weighted by molar-refractivity contribution is 0.531. The Hall–Kier alpha value is 0.0900. The van der Waals surface area contributed by atoms with E-state index in [4.69, 9.17) is 0 Å². The number of hydrogen-bond acceptors (Lipinski definition) is 1. The smallest absolute Gasteiger partial charge is 0.0123 e. The van der Waals surface area contributed by atoms with Gasteiger partial charge in [-0.15, -0.1) is 11.8 Å². The third-order valence-corrected chi connectivity index (χ3v) is 5.81. The first kappa shape index (κ1) is 19.1. The van der Waals surface area contributed by atoms with E-state index < -0.39 is 0 Å². The molecule has 0 radical (unpaired) electrons. The van der Waals surface area contributed by atoms with Gasteiger partial charge in [0.15, 0.2) is 0 Å². The Kier molecular flexibility index (Phi) is 13.7. The van der Waals surface area contributed by atoms with Crippen LogP contribution in [0.2, 0.25) is 0 Å². The fourth-order valence-corrected chi connectivity index (χ4v) is 4.15. The third kappa shape index (κ3) is 12.3. The van der Waals surface area contributed by atoms with E-state index >= 15 is 0 Å². The Morgan fingerprint density at radius 2 is 1.19 bits per heavy atom. The molecule has 0 aromatic rings. The quantitative estimate of drug-likeness (QED) is 0.277. The van der Waals surface area contributed by atoms with Gasteiger partial charge in [-0.25, -0.2) is 0 Å². The first-order valence-electron chi connectivity index (χ1n) is 9.74. The molecule has 0 aromatic heterocycles. The fraction of sp³-hybridized carbons (Fsp3) is 0.900. The summed E-state index contributed by atoms with van der Waals surface area (Å²) in [6, 6.07) is 0. The van der Waals surface area contributed by atoms with Gasteiger partial charge in [0.05, 0.1) is 0 Å². The monoisotopic (exact) mass is 310 g/mol. The zero-order chi connectivity index (χ0) is 15.0. The summed E-state index contributed by atoms with van der Waals surface area (Å²) in [4.78, 5) is 0. The van der Waals surface area contributed by atoms with Crippen LogP contribution in [0.15, 0.2) is 11.5 Å². The number of unbranched alkanes of at least 4 members (excludes halogenated alkanes) is 13. The van der Waals surface area contributed by atoms with E-state index in [2.05, 4.69) is 18.4 Å². The maximum atomic E-state index is 2.33. The molecule has 0 saturated carbocycles. The highest BCUT2D eigenvalue weighted by Gasteiger charge is 2.09. The van der Waals surface area contributed by atoms with Crippen molar-refractivity contribution in [3.05, 3.63) is 11.5 Å². The molecule has 1 rings (SSSR count). The maximum absolute atomic E-state index is 2.33. The number of rotatable bonds is 15. The largest absolute Gasteiger partial charge is 0.131 e. The van der Waals surface area contributed by atoms with Crippen molar-refractivity contribution < 1.29 is 0 Å². The van der Waals surface area contributed by atoms with Crippen molar-refractivity contribution in [3.8, 4) is 0 Å². The summed E-state index contributed by atoms with van der Waals surface area (Å²) < 4.78 is 0. The van der Waals surface area contributed by atoms with Crippen LogP contribution in [0, 0.1) is 0 Å². The van der Waals surface area contributed by atoms with Gasteiger partial charge in [0.1, 0.15) is 0 Å². The molecule has 1 heteroatoms. The van der Waals surface area contributed by atoms with Crippen molar-refractivity contribution >= 4 is 11.8 Å². The summed E-state index contributed by atoms with van der Waals surface area (Å²) in [7, 11) is 0. The van der Waals surface area contributed by atoms with E-state index in [0.717, 1.165) is 5.25 Å². The van der Waals surface area contributed by atoms with E-state index in [-0.39, 0.29) is 0 Å². The highest BCUT2D eigenvalue weighted by atomic mass is 32.2. The second-order valence-electron chi connectivity index (χ2n) is 6.75. The third-order valence-electron chi connectivity index (χ3n) is 4.65. The molecule has 0 bridgehead atoms. The lowest BCUT2D eigenvalue weighted by atomic mass is 10.0. The summed E-state index contributed by atoms with van der Waals surface area (Å²) in [5.74, 6) is 0. The van der Waals surface area contributed by atoms with Crippen molar-refractivity contribution in [2.45, 2.75) is 115 Å². The lowest BCUT2D eigenvalue weighted by Crippen LogP contribution is -1.95. The molecule has 21 heavy (non-hydrogen) atoms. The molecule has 0 aromatic carbocycles. The van der Waals surface area contributed by atoms with Gasteiger partial charge in [-0.05, 0) is 18.2 Å². The van der Waals surface area contributed by atoms with E-state index in [1.54, 1.807) is 0 Å². The van der Waals surface area contributed by atoms with Crippen LogP contribution in [0.25, 0.3) is 0 Å².